The number of fused-ring (bicyclic) bond motifs is 1. The van der Waals surface area contributed by atoms with Crippen molar-refractivity contribution in [3.63, 3.8) is 0 Å². The van der Waals surface area contributed by atoms with Gasteiger partial charge in [-0.3, -0.25) is 14.7 Å². The Morgan fingerprint density at radius 2 is 1.90 bits per heavy atom. The Morgan fingerprint density at radius 1 is 1.19 bits per heavy atom. The monoisotopic (exact) mass is 422 g/mol. The zero-order valence-corrected chi connectivity index (χ0v) is 18.5. The maximum absolute atomic E-state index is 13.0. The van der Waals surface area contributed by atoms with E-state index in [0.29, 0.717) is 18.0 Å². The summed E-state index contributed by atoms with van der Waals surface area (Å²) >= 11 is 0. The van der Waals surface area contributed by atoms with Crippen LogP contribution >= 0.6 is 0 Å². The van der Waals surface area contributed by atoms with Crippen LogP contribution in [0.25, 0.3) is 5.65 Å². The lowest BCUT2D eigenvalue weighted by molar-refractivity contribution is -0.131. The molecule has 0 atom stereocenters. The van der Waals surface area contributed by atoms with Crippen LogP contribution in [0, 0.1) is 19.8 Å². The zero-order valence-electron chi connectivity index (χ0n) is 18.5. The Kier molecular flexibility index (Phi) is 6.11. The summed E-state index contributed by atoms with van der Waals surface area (Å²) in [6.07, 6.45) is 4.61. The predicted molar refractivity (Wildman–Crippen MR) is 120 cm³/mol. The van der Waals surface area contributed by atoms with Gasteiger partial charge in [0, 0.05) is 36.1 Å². The van der Waals surface area contributed by atoms with Gasteiger partial charge < -0.3 is 9.64 Å². The average molecular weight is 423 g/mol. The van der Waals surface area contributed by atoms with Crippen molar-refractivity contribution in [2.45, 2.75) is 46.0 Å². The molecular weight excluding hydrogens is 392 g/mol. The van der Waals surface area contributed by atoms with E-state index in [-0.39, 0.29) is 11.5 Å². The van der Waals surface area contributed by atoms with Crippen LogP contribution in [0.4, 0.5) is 0 Å². The van der Waals surface area contributed by atoms with Gasteiger partial charge in [0.1, 0.15) is 5.75 Å². The molecule has 1 aliphatic heterocycles. The van der Waals surface area contributed by atoms with Crippen molar-refractivity contribution in [3.8, 4) is 5.75 Å². The molecule has 0 spiro atoms. The highest BCUT2D eigenvalue weighted by molar-refractivity contribution is 5.79. The number of carbonyl (C=O) groups is 1. The molecule has 3 heterocycles. The molecule has 0 bridgehead atoms. The quantitative estimate of drug-likeness (QED) is 0.662. The Labute approximate surface area is 182 Å². The molecule has 1 fully saturated rings. The lowest BCUT2D eigenvalue weighted by atomic mass is 9.90. The van der Waals surface area contributed by atoms with Crippen molar-refractivity contribution in [2.75, 3.05) is 20.2 Å². The molecule has 4 rings (SSSR count). The van der Waals surface area contributed by atoms with E-state index < -0.39 is 0 Å². The number of nitrogens with zero attached hydrogens (tertiary/aromatic N) is 3. The predicted octanol–water partition coefficient (Wildman–Crippen LogP) is 3.06. The minimum absolute atomic E-state index is 0.135. The minimum Gasteiger partial charge on any atom is -0.497 e. The molecule has 1 amide bonds. The van der Waals surface area contributed by atoms with Crippen LogP contribution in [0.2, 0.25) is 0 Å². The number of carbonyl (C=O) groups excluding carboxylic acids is 1. The first-order chi connectivity index (χ1) is 14.9. The van der Waals surface area contributed by atoms with Crippen LogP contribution in [0.5, 0.6) is 5.75 Å². The summed E-state index contributed by atoms with van der Waals surface area (Å²) in [5.74, 6) is 1.67. The topological polar surface area (TPSA) is 79.7 Å². The van der Waals surface area contributed by atoms with Crippen LogP contribution in [-0.2, 0) is 17.6 Å². The number of likely N-dealkylation sites (tertiary alicyclic amines) is 1. The average Bonchev–Trinajstić information content (AvgIpc) is 3.16. The Morgan fingerprint density at radius 3 is 2.58 bits per heavy atom. The second kappa shape index (κ2) is 8.96. The second-order valence-corrected chi connectivity index (χ2v) is 8.46. The largest absolute Gasteiger partial charge is 0.497 e. The van der Waals surface area contributed by atoms with E-state index in [2.05, 4.69) is 22.2 Å². The van der Waals surface area contributed by atoms with Gasteiger partial charge in [-0.25, -0.2) is 9.50 Å². The molecule has 1 aliphatic rings. The van der Waals surface area contributed by atoms with E-state index in [1.54, 1.807) is 11.6 Å². The SMILES string of the molecule is COc1ccc(CCC2CCN(C(=O)Cc3c(C)nc4cc(=O)[nH]n4c3C)CC2)cc1. The lowest BCUT2D eigenvalue weighted by Crippen LogP contribution is -2.39. The molecule has 2 aromatic heterocycles. The van der Waals surface area contributed by atoms with Gasteiger partial charge in [0.2, 0.25) is 5.91 Å². The maximum Gasteiger partial charge on any atom is 0.266 e. The highest BCUT2D eigenvalue weighted by atomic mass is 16.5. The summed E-state index contributed by atoms with van der Waals surface area (Å²) in [7, 11) is 1.68. The molecule has 7 nitrogen and oxygen atoms in total. The molecule has 164 valence electrons. The van der Waals surface area contributed by atoms with E-state index in [0.717, 1.165) is 61.5 Å². The first-order valence-electron chi connectivity index (χ1n) is 10.9. The van der Waals surface area contributed by atoms with E-state index >= 15 is 0 Å². The highest BCUT2D eigenvalue weighted by Gasteiger charge is 2.24. The summed E-state index contributed by atoms with van der Waals surface area (Å²) in [6, 6.07) is 9.75. The van der Waals surface area contributed by atoms with Crippen LogP contribution in [-0.4, -0.2) is 45.6 Å². The van der Waals surface area contributed by atoms with E-state index in [1.807, 2.05) is 30.9 Å². The molecule has 3 aromatic rings. The molecule has 1 N–H and O–H groups in total. The fourth-order valence-electron chi connectivity index (χ4n) is 4.51. The summed E-state index contributed by atoms with van der Waals surface area (Å²) in [5.41, 5.74) is 4.30. The van der Waals surface area contributed by atoms with Gasteiger partial charge in [0.15, 0.2) is 5.65 Å². The number of aromatic amines is 1. The van der Waals surface area contributed by atoms with Crippen LogP contribution in [0.3, 0.4) is 0 Å². The number of aryl methyl sites for hydroxylation is 3. The highest BCUT2D eigenvalue weighted by Crippen LogP contribution is 2.24. The number of piperidine rings is 1. The number of ether oxygens (including phenoxy) is 1. The third-order valence-corrected chi connectivity index (χ3v) is 6.50. The fourth-order valence-corrected chi connectivity index (χ4v) is 4.51. The van der Waals surface area contributed by atoms with Gasteiger partial charge in [-0.15, -0.1) is 0 Å². The standard InChI is InChI=1S/C24H30N4O3/c1-16-21(17(2)28-22(25-16)15-23(29)26-28)14-24(30)27-12-10-19(11-13-27)5-4-18-6-8-20(31-3)9-7-18/h6-9,15,19H,4-5,10-14H2,1-3H3,(H,26,29). The Hall–Kier alpha value is -3.09. The molecule has 0 unspecified atom stereocenters. The van der Waals surface area contributed by atoms with Gasteiger partial charge >= 0.3 is 0 Å². The number of benzene rings is 1. The summed E-state index contributed by atoms with van der Waals surface area (Å²) in [5, 5.41) is 2.75. The molecular formula is C24H30N4O3. The smallest absolute Gasteiger partial charge is 0.266 e. The second-order valence-electron chi connectivity index (χ2n) is 8.46. The number of H-pyrrole nitrogens is 1. The number of methoxy groups -OCH3 is 1. The van der Waals surface area contributed by atoms with Crippen molar-refractivity contribution in [1.82, 2.24) is 19.5 Å². The maximum atomic E-state index is 13.0. The zero-order chi connectivity index (χ0) is 22.0. The fraction of sp³-hybridized carbons (Fsp3) is 0.458. The van der Waals surface area contributed by atoms with Crippen molar-refractivity contribution >= 4 is 11.6 Å². The van der Waals surface area contributed by atoms with E-state index in [4.69, 9.17) is 4.74 Å². The minimum atomic E-state index is -0.185. The summed E-state index contributed by atoms with van der Waals surface area (Å²) < 4.78 is 6.89. The summed E-state index contributed by atoms with van der Waals surface area (Å²) in [6.45, 7) is 5.44. The first-order valence-corrected chi connectivity index (χ1v) is 10.9. The number of hydrogen-bond donors (Lipinski definition) is 1. The Balaban J connectivity index is 1.32. The van der Waals surface area contributed by atoms with Crippen LogP contribution in [0.1, 0.15) is 41.8 Å². The molecule has 31 heavy (non-hydrogen) atoms. The molecule has 1 aromatic carbocycles. The molecule has 0 radical (unpaired) electrons. The molecule has 0 saturated carbocycles. The first kappa shape index (κ1) is 21.2. The summed E-state index contributed by atoms with van der Waals surface area (Å²) in [4.78, 5) is 31.1. The van der Waals surface area contributed by atoms with Crippen molar-refractivity contribution in [1.29, 1.82) is 0 Å². The molecule has 7 heteroatoms. The van der Waals surface area contributed by atoms with Gasteiger partial charge in [0.25, 0.3) is 5.56 Å². The van der Waals surface area contributed by atoms with Crippen molar-refractivity contribution < 1.29 is 9.53 Å². The Bertz CT molecular complexity index is 1120. The van der Waals surface area contributed by atoms with E-state index in [9.17, 15) is 9.59 Å². The van der Waals surface area contributed by atoms with Crippen LogP contribution in [0.15, 0.2) is 35.1 Å². The number of nitrogens with one attached hydrogen (secondary N) is 1. The van der Waals surface area contributed by atoms with Gasteiger partial charge in [0.05, 0.1) is 13.5 Å². The number of aromatic nitrogens is 3. The van der Waals surface area contributed by atoms with Gasteiger partial charge in [-0.05, 0) is 63.1 Å². The molecule has 0 aliphatic carbocycles. The van der Waals surface area contributed by atoms with Gasteiger partial charge in [-0.1, -0.05) is 12.1 Å². The third-order valence-electron chi connectivity index (χ3n) is 6.50. The van der Waals surface area contributed by atoms with Crippen molar-refractivity contribution in [3.05, 3.63) is 63.2 Å². The number of rotatable bonds is 6. The lowest BCUT2D eigenvalue weighted by Gasteiger charge is -2.32. The number of hydrogen-bond acceptors (Lipinski definition) is 4. The van der Waals surface area contributed by atoms with Crippen molar-refractivity contribution in [2.24, 2.45) is 5.92 Å². The third kappa shape index (κ3) is 4.65. The van der Waals surface area contributed by atoms with E-state index in [1.165, 1.54) is 11.6 Å². The van der Waals surface area contributed by atoms with Crippen LogP contribution < -0.4 is 10.3 Å². The van der Waals surface area contributed by atoms with Gasteiger partial charge in [-0.2, -0.15) is 0 Å². The molecule has 1 saturated heterocycles. The number of amides is 1. The normalized spacial score (nSPS) is 14.9.